The molecule has 0 aromatic carbocycles. The molecule has 1 unspecified atom stereocenters. The Morgan fingerprint density at radius 2 is 2.13 bits per heavy atom. The van der Waals surface area contributed by atoms with Gasteiger partial charge in [0.25, 0.3) is 5.91 Å². The maximum atomic E-state index is 13.1. The molecule has 2 saturated heterocycles. The highest BCUT2D eigenvalue weighted by molar-refractivity contribution is 7.93. The maximum Gasteiger partial charge on any atom is 0.316 e. The second-order valence-electron chi connectivity index (χ2n) is 8.14. The van der Waals surface area contributed by atoms with Crippen molar-refractivity contribution >= 4 is 15.7 Å². The first-order valence-corrected chi connectivity index (χ1v) is 11.8. The van der Waals surface area contributed by atoms with Gasteiger partial charge in [0.15, 0.2) is 9.84 Å². The van der Waals surface area contributed by atoms with Crippen LogP contribution in [-0.2, 0) is 16.3 Å². The van der Waals surface area contributed by atoms with E-state index in [1.165, 1.54) is 0 Å². The molecule has 2 fully saturated rings. The highest BCUT2D eigenvalue weighted by Crippen LogP contribution is 2.45. The summed E-state index contributed by atoms with van der Waals surface area (Å²) in [5.41, 5.74) is 1.78. The van der Waals surface area contributed by atoms with Crippen LogP contribution in [0.4, 0.5) is 0 Å². The topological polar surface area (TPSA) is 115 Å². The fourth-order valence-electron chi connectivity index (χ4n) is 4.37. The van der Waals surface area contributed by atoms with Crippen molar-refractivity contribution in [2.75, 3.05) is 25.4 Å². The van der Waals surface area contributed by atoms with E-state index < -0.39 is 14.6 Å². The van der Waals surface area contributed by atoms with E-state index in [1.807, 2.05) is 13.8 Å². The van der Waals surface area contributed by atoms with E-state index in [9.17, 15) is 13.2 Å². The summed E-state index contributed by atoms with van der Waals surface area (Å²) in [7, 11) is -3.33. The Morgan fingerprint density at radius 3 is 2.83 bits per heavy atom. The molecule has 1 spiro atoms. The summed E-state index contributed by atoms with van der Waals surface area (Å²) in [6.07, 6.45) is 3.56. The molecule has 1 atom stereocenters. The molecule has 4 rings (SSSR count). The molecule has 2 aromatic heterocycles. The Balaban J connectivity index is 1.49. The molecule has 0 N–H and O–H groups in total. The number of hydrogen-bond donors (Lipinski definition) is 0. The van der Waals surface area contributed by atoms with Gasteiger partial charge in [-0.25, -0.2) is 18.4 Å². The van der Waals surface area contributed by atoms with Crippen molar-refractivity contribution in [1.82, 2.24) is 20.0 Å². The minimum Gasteiger partial charge on any atom is -0.463 e. The number of likely N-dealkylation sites (tertiary alicyclic amines) is 1. The molecule has 9 nitrogen and oxygen atoms in total. The molecule has 4 heterocycles. The SMILES string of the molecule is CCCc1onc(C)c1C(=O)N1CC2(C1)C(COc1nccc(C)n1)CCS2(=O)=O. The van der Waals surface area contributed by atoms with Gasteiger partial charge < -0.3 is 14.2 Å². The Morgan fingerprint density at radius 1 is 1.37 bits per heavy atom. The molecular formula is C20H26N4O5S. The standard InChI is InChI=1S/C20H26N4O5S/c1-4-5-16-17(14(3)23-29-16)18(25)24-11-20(12-24)15(7-9-30(20,26)27)10-28-19-21-8-6-13(2)22-19/h6,8,15H,4-5,7,9-12H2,1-3H3. The number of hydrogen-bond acceptors (Lipinski definition) is 8. The number of rotatable bonds is 6. The first-order valence-electron chi connectivity index (χ1n) is 10.2. The number of sulfone groups is 1. The zero-order valence-corrected chi connectivity index (χ0v) is 18.2. The third kappa shape index (κ3) is 3.36. The van der Waals surface area contributed by atoms with Crippen molar-refractivity contribution < 1.29 is 22.5 Å². The zero-order valence-electron chi connectivity index (χ0n) is 17.4. The highest BCUT2D eigenvalue weighted by atomic mass is 32.2. The van der Waals surface area contributed by atoms with Crippen molar-refractivity contribution in [3.05, 3.63) is 35.0 Å². The first-order chi connectivity index (χ1) is 14.3. The van der Waals surface area contributed by atoms with Crippen molar-refractivity contribution in [2.45, 2.75) is 44.8 Å². The zero-order chi connectivity index (χ0) is 21.5. The van der Waals surface area contributed by atoms with Crippen LogP contribution in [0.25, 0.3) is 0 Å². The average molecular weight is 435 g/mol. The van der Waals surface area contributed by atoms with Gasteiger partial charge in [0, 0.05) is 37.3 Å². The fraction of sp³-hybridized carbons (Fsp3) is 0.600. The Kier molecular flexibility index (Phi) is 5.29. The first kappa shape index (κ1) is 20.8. The molecule has 2 aliphatic rings. The lowest BCUT2D eigenvalue weighted by atomic mass is 9.83. The lowest BCUT2D eigenvalue weighted by molar-refractivity contribution is 0.0400. The highest BCUT2D eigenvalue weighted by Gasteiger charge is 2.63. The molecule has 0 aliphatic carbocycles. The largest absolute Gasteiger partial charge is 0.463 e. The Labute approximate surface area is 175 Å². The monoisotopic (exact) mass is 434 g/mol. The molecule has 10 heteroatoms. The minimum atomic E-state index is -3.33. The summed E-state index contributed by atoms with van der Waals surface area (Å²) < 4.78 is 35.8. The van der Waals surface area contributed by atoms with Gasteiger partial charge in [0.05, 0.1) is 18.1 Å². The van der Waals surface area contributed by atoms with Crippen LogP contribution in [0.2, 0.25) is 0 Å². The smallest absolute Gasteiger partial charge is 0.316 e. The Bertz CT molecular complexity index is 1060. The number of amides is 1. The van der Waals surface area contributed by atoms with Gasteiger partial charge in [0.2, 0.25) is 0 Å². The van der Waals surface area contributed by atoms with Crippen LogP contribution in [-0.4, -0.2) is 64.5 Å². The van der Waals surface area contributed by atoms with Gasteiger partial charge in [-0.05, 0) is 32.8 Å². The van der Waals surface area contributed by atoms with Crippen molar-refractivity contribution in [1.29, 1.82) is 0 Å². The average Bonchev–Trinajstić information content (AvgIpc) is 3.15. The van der Waals surface area contributed by atoms with E-state index in [2.05, 4.69) is 15.1 Å². The lowest BCUT2D eigenvalue weighted by Gasteiger charge is -2.49. The number of carbonyl (C=O) groups excluding carboxylic acids is 1. The van der Waals surface area contributed by atoms with Gasteiger partial charge in [-0.1, -0.05) is 12.1 Å². The summed E-state index contributed by atoms with van der Waals surface area (Å²) in [5.74, 6) is 0.234. The second kappa shape index (κ2) is 7.64. The van der Waals surface area contributed by atoms with E-state index in [-0.39, 0.29) is 43.3 Å². The van der Waals surface area contributed by atoms with Crippen LogP contribution in [0.3, 0.4) is 0 Å². The number of ether oxygens (including phenoxy) is 1. The number of carbonyl (C=O) groups is 1. The van der Waals surface area contributed by atoms with Gasteiger partial charge in [-0.15, -0.1) is 0 Å². The van der Waals surface area contributed by atoms with Gasteiger partial charge >= 0.3 is 6.01 Å². The summed E-state index contributed by atoms with van der Waals surface area (Å²) in [4.78, 5) is 22.9. The van der Waals surface area contributed by atoms with Gasteiger partial charge in [0.1, 0.15) is 16.1 Å². The van der Waals surface area contributed by atoms with E-state index in [4.69, 9.17) is 9.26 Å². The molecule has 2 aromatic rings. The van der Waals surface area contributed by atoms with Crippen LogP contribution >= 0.6 is 0 Å². The number of aromatic nitrogens is 3. The normalized spacial score (nSPS) is 21.6. The predicted molar refractivity (Wildman–Crippen MR) is 108 cm³/mol. The molecule has 2 aliphatic heterocycles. The number of nitrogens with zero attached hydrogens (tertiary/aromatic N) is 4. The van der Waals surface area contributed by atoms with Crippen LogP contribution in [0.5, 0.6) is 6.01 Å². The Hall–Kier alpha value is -2.49. The summed E-state index contributed by atoms with van der Waals surface area (Å²) in [6.45, 7) is 6.10. The molecule has 162 valence electrons. The van der Waals surface area contributed by atoms with Crippen molar-refractivity contribution in [2.24, 2.45) is 5.92 Å². The molecule has 1 amide bonds. The maximum absolute atomic E-state index is 13.1. The molecule has 0 saturated carbocycles. The molecule has 0 radical (unpaired) electrons. The molecule has 30 heavy (non-hydrogen) atoms. The summed E-state index contributed by atoms with van der Waals surface area (Å²) in [5, 5.41) is 3.93. The predicted octanol–water partition coefficient (Wildman–Crippen LogP) is 1.74. The van der Waals surface area contributed by atoms with Crippen LogP contribution in [0, 0.1) is 19.8 Å². The lowest BCUT2D eigenvalue weighted by Crippen LogP contribution is -2.69. The van der Waals surface area contributed by atoms with Crippen LogP contribution in [0.15, 0.2) is 16.8 Å². The summed E-state index contributed by atoms with van der Waals surface area (Å²) >= 11 is 0. The third-order valence-electron chi connectivity index (χ3n) is 6.11. The number of aryl methyl sites for hydroxylation is 3. The minimum absolute atomic E-state index is 0.102. The van der Waals surface area contributed by atoms with Crippen molar-refractivity contribution in [3.8, 4) is 6.01 Å². The van der Waals surface area contributed by atoms with Crippen LogP contribution < -0.4 is 4.74 Å². The van der Waals surface area contributed by atoms with Crippen molar-refractivity contribution in [3.63, 3.8) is 0 Å². The van der Waals surface area contributed by atoms with Gasteiger partial charge in [-0.3, -0.25) is 4.79 Å². The molecule has 0 bridgehead atoms. The van der Waals surface area contributed by atoms with Gasteiger partial charge in [-0.2, -0.15) is 0 Å². The second-order valence-corrected chi connectivity index (χ2v) is 10.6. The van der Waals surface area contributed by atoms with E-state index in [0.717, 1.165) is 12.1 Å². The third-order valence-corrected chi connectivity index (χ3v) is 8.72. The van der Waals surface area contributed by atoms with E-state index >= 15 is 0 Å². The van der Waals surface area contributed by atoms with Crippen LogP contribution in [0.1, 0.15) is 47.3 Å². The molecular weight excluding hydrogens is 408 g/mol. The fourth-order valence-corrected chi connectivity index (χ4v) is 6.77. The summed E-state index contributed by atoms with van der Waals surface area (Å²) in [6, 6.07) is 2.01. The van der Waals surface area contributed by atoms with E-state index in [0.29, 0.717) is 29.9 Å². The quantitative estimate of drug-likeness (QED) is 0.675. The van der Waals surface area contributed by atoms with E-state index in [1.54, 1.807) is 24.1 Å².